The number of nitrogens with one attached hydrogen (secondary N) is 1. The first-order valence-electron chi connectivity index (χ1n) is 14.7. The third-order valence-corrected chi connectivity index (χ3v) is 8.01. The van der Waals surface area contributed by atoms with E-state index in [9.17, 15) is 9.90 Å². The van der Waals surface area contributed by atoms with Gasteiger partial charge in [-0.3, -0.25) is 4.79 Å². The van der Waals surface area contributed by atoms with Crippen molar-refractivity contribution in [2.75, 3.05) is 47.7 Å². The highest BCUT2D eigenvalue weighted by molar-refractivity contribution is 5.79. The fourth-order valence-corrected chi connectivity index (χ4v) is 5.19. The zero-order chi connectivity index (χ0) is 29.7. The van der Waals surface area contributed by atoms with E-state index >= 15 is 0 Å². The van der Waals surface area contributed by atoms with E-state index in [1.165, 1.54) is 0 Å². The van der Waals surface area contributed by atoms with Gasteiger partial charge in [0, 0.05) is 52.2 Å². The van der Waals surface area contributed by atoms with E-state index in [1.54, 1.807) is 21.3 Å². The molecule has 1 saturated heterocycles. The van der Waals surface area contributed by atoms with Gasteiger partial charge in [0.1, 0.15) is 0 Å². The minimum Gasteiger partial charge on any atom is -0.493 e. The minimum absolute atomic E-state index is 0.0464. The van der Waals surface area contributed by atoms with Gasteiger partial charge in [-0.05, 0) is 54.7 Å². The van der Waals surface area contributed by atoms with Crippen molar-refractivity contribution in [2.24, 2.45) is 29.4 Å². The van der Waals surface area contributed by atoms with Crippen LogP contribution in [-0.4, -0.2) is 83.1 Å². The van der Waals surface area contributed by atoms with Crippen molar-refractivity contribution in [2.45, 2.75) is 84.2 Å². The smallest absolute Gasteiger partial charge is 0.223 e. The molecular formula is C31H54N2O7. The van der Waals surface area contributed by atoms with E-state index in [0.717, 1.165) is 30.6 Å². The van der Waals surface area contributed by atoms with Crippen LogP contribution < -0.4 is 20.5 Å². The highest BCUT2D eigenvalue weighted by Crippen LogP contribution is 2.32. The summed E-state index contributed by atoms with van der Waals surface area (Å²) in [6, 6.07) is 5.58. The Balaban J connectivity index is 1.96. The zero-order valence-corrected chi connectivity index (χ0v) is 25.7. The lowest BCUT2D eigenvalue weighted by Gasteiger charge is -2.30. The molecule has 0 saturated carbocycles. The van der Waals surface area contributed by atoms with Gasteiger partial charge in [0.15, 0.2) is 11.5 Å². The summed E-state index contributed by atoms with van der Waals surface area (Å²) in [6.45, 7) is 10.5. The number of hydrogen-bond donors (Lipinski definition) is 3. The van der Waals surface area contributed by atoms with Crippen molar-refractivity contribution in [3.63, 3.8) is 0 Å². The number of aliphatic hydroxyl groups is 1. The van der Waals surface area contributed by atoms with Gasteiger partial charge in [-0.15, -0.1) is 0 Å². The predicted molar refractivity (Wildman–Crippen MR) is 157 cm³/mol. The van der Waals surface area contributed by atoms with E-state index < -0.39 is 12.1 Å². The fourth-order valence-electron chi connectivity index (χ4n) is 5.19. The lowest BCUT2D eigenvalue weighted by molar-refractivity contribution is -0.128. The number of carbonyl (C=O) groups is 1. The Bertz CT molecular complexity index is 866. The summed E-state index contributed by atoms with van der Waals surface area (Å²) in [5.74, 6) is 1.69. The Hall–Kier alpha value is -1.91. The quantitative estimate of drug-likeness (QED) is 0.217. The normalized spacial score (nSPS) is 20.4. The second-order valence-electron chi connectivity index (χ2n) is 11.7. The predicted octanol–water partition coefficient (Wildman–Crippen LogP) is 3.59. The van der Waals surface area contributed by atoms with Crippen LogP contribution in [0.2, 0.25) is 0 Å². The zero-order valence-electron chi connectivity index (χ0n) is 25.7. The summed E-state index contributed by atoms with van der Waals surface area (Å²) in [7, 11) is 4.99. The lowest BCUT2D eigenvalue weighted by Crippen LogP contribution is -2.44. The molecule has 1 fully saturated rings. The molecule has 1 aliphatic rings. The molecule has 4 N–H and O–H groups in total. The number of ether oxygens (including phenoxy) is 5. The van der Waals surface area contributed by atoms with Gasteiger partial charge in [0.2, 0.25) is 5.91 Å². The molecule has 0 spiro atoms. The molecule has 1 heterocycles. The average molecular weight is 567 g/mol. The molecule has 1 aromatic rings. The van der Waals surface area contributed by atoms with Gasteiger partial charge in [-0.25, -0.2) is 0 Å². The van der Waals surface area contributed by atoms with Crippen molar-refractivity contribution in [3.8, 4) is 11.5 Å². The van der Waals surface area contributed by atoms with Crippen LogP contribution in [0.4, 0.5) is 0 Å². The maximum absolute atomic E-state index is 13.0. The molecule has 9 nitrogen and oxygen atoms in total. The number of hydrogen-bond acceptors (Lipinski definition) is 8. The van der Waals surface area contributed by atoms with Crippen LogP contribution in [0.15, 0.2) is 18.2 Å². The van der Waals surface area contributed by atoms with Gasteiger partial charge in [-0.2, -0.15) is 0 Å². The molecule has 6 atom stereocenters. The minimum atomic E-state index is -0.782. The summed E-state index contributed by atoms with van der Waals surface area (Å²) in [6.07, 6.45) is 2.58. The van der Waals surface area contributed by atoms with Crippen LogP contribution in [0, 0.1) is 23.7 Å². The van der Waals surface area contributed by atoms with E-state index in [4.69, 9.17) is 29.4 Å². The Morgan fingerprint density at radius 1 is 1.10 bits per heavy atom. The number of amides is 1. The summed E-state index contributed by atoms with van der Waals surface area (Å²) in [4.78, 5) is 13.0. The number of aliphatic hydroxyl groups excluding tert-OH is 1. The molecule has 1 amide bonds. The molecule has 2 rings (SSSR count). The Morgan fingerprint density at radius 2 is 1.85 bits per heavy atom. The molecule has 1 aliphatic heterocycles. The second kappa shape index (κ2) is 17.8. The van der Waals surface area contributed by atoms with E-state index in [0.29, 0.717) is 50.9 Å². The third-order valence-electron chi connectivity index (χ3n) is 8.01. The van der Waals surface area contributed by atoms with Crippen LogP contribution in [0.25, 0.3) is 0 Å². The second-order valence-corrected chi connectivity index (χ2v) is 11.7. The van der Waals surface area contributed by atoms with E-state index in [-0.39, 0.29) is 35.9 Å². The van der Waals surface area contributed by atoms with Crippen molar-refractivity contribution >= 4 is 5.91 Å². The molecule has 1 aromatic carbocycles. The Morgan fingerprint density at radius 3 is 2.45 bits per heavy atom. The average Bonchev–Trinajstić information content (AvgIpc) is 3.40. The van der Waals surface area contributed by atoms with Gasteiger partial charge >= 0.3 is 0 Å². The van der Waals surface area contributed by atoms with Crippen molar-refractivity contribution in [1.82, 2.24) is 5.32 Å². The van der Waals surface area contributed by atoms with Crippen molar-refractivity contribution in [1.29, 1.82) is 0 Å². The molecule has 0 aromatic heterocycles. The lowest BCUT2D eigenvalue weighted by atomic mass is 9.81. The maximum atomic E-state index is 13.0. The monoisotopic (exact) mass is 566 g/mol. The molecule has 0 aliphatic carbocycles. The first-order valence-corrected chi connectivity index (χ1v) is 14.7. The van der Waals surface area contributed by atoms with Gasteiger partial charge in [0.25, 0.3) is 0 Å². The molecule has 230 valence electrons. The van der Waals surface area contributed by atoms with Gasteiger partial charge in [-0.1, -0.05) is 33.8 Å². The van der Waals surface area contributed by atoms with E-state index in [1.807, 2.05) is 26.0 Å². The van der Waals surface area contributed by atoms with E-state index in [2.05, 4.69) is 25.2 Å². The highest BCUT2D eigenvalue weighted by atomic mass is 16.5. The molecule has 0 radical (unpaired) electrons. The molecule has 0 bridgehead atoms. The molecule has 40 heavy (non-hydrogen) atoms. The van der Waals surface area contributed by atoms with Crippen LogP contribution in [0.3, 0.4) is 0 Å². The Labute approximate surface area is 241 Å². The summed E-state index contributed by atoms with van der Waals surface area (Å²) >= 11 is 0. The highest BCUT2D eigenvalue weighted by Gasteiger charge is 2.31. The maximum Gasteiger partial charge on any atom is 0.223 e. The van der Waals surface area contributed by atoms with Gasteiger partial charge < -0.3 is 39.8 Å². The molecule has 9 heteroatoms. The standard InChI is InChI=1S/C31H54N2O7/c1-20(2)23(13-22-9-10-29(38-7)30(14-22)39-12-8-11-36-5)15-27(32)28(34)17-26(21(3)4)31(35)33-18-24-16-25(37-6)19-40-24/h9-10,14,20-21,23-28,34H,8,11-13,15-19,32H2,1-7H3,(H,33,35)/t23?,24-,25+,26?,27?,28?/m0/s1. The summed E-state index contributed by atoms with van der Waals surface area (Å²) < 4.78 is 27.6. The van der Waals surface area contributed by atoms with Gasteiger partial charge in [0.05, 0.1) is 38.6 Å². The first-order chi connectivity index (χ1) is 19.1. The number of rotatable bonds is 19. The van der Waals surface area contributed by atoms with Crippen LogP contribution in [0.1, 0.15) is 58.9 Å². The molecular weight excluding hydrogens is 512 g/mol. The van der Waals surface area contributed by atoms with Crippen molar-refractivity contribution in [3.05, 3.63) is 23.8 Å². The third kappa shape index (κ3) is 11.2. The topological polar surface area (TPSA) is 122 Å². The fraction of sp³-hybridized carbons (Fsp3) is 0.774. The number of methoxy groups -OCH3 is 3. The first kappa shape index (κ1) is 34.3. The van der Waals surface area contributed by atoms with Crippen LogP contribution >= 0.6 is 0 Å². The summed E-state index contributed by atoms with van der Waals surface area (Å²) in [5, 5.41) is 14.1. The number of carbonyl (C=O) groups excluding carboxylic acids is 1. The molecule has 4 unspecified atom stereocenters. The largest absolute Gasteiger partial charge is 0.493 e. The number of nitrogens with two attached hydrogens (primary N) is 1. The Kier molecular flexibility index (Phi) is 15.3. The van der Waals surface area contributed by atoms with Crippen molar-refractivity contribution < 1.29 is 33.6 Å². The van der Waals surface area contributed by atoms with Crippen LogP contribution in [-0.2, 0) is 25.4 Å². The van der Waals surface area contributed by atoms with Crippen LogP contribution in [0.5, 0.6) is 11.5 Å². The SMILES string of the molecule is COCCCOc1cc(CC(CC(N)C(O)CC(C(=O)NC[C@@H]2C[C@@H](OC)CO2)C(C)C)C(C)C)ccc1OC. The number of benzene rings is 1. The summed E-state index contributed by atoms with van der Waals surface area (Å²) in [5.41, 5.74) is 7.69.